The highest BCUT2D eigenvalue weighted by molar-refractivity contribution is 5.80. The lowest BCUT2D eigenvalue weighted by atomic mass is 10.1. The summed E-state index contributed by atoms with van der Waals surface area (Å²) >= 11 is 0. The van der Waals surface area contributed by atoms with E-state index in [1.54, 1.807) is 7.05 Å². The molecule has 21 heavy (non-hydrogen) atoms. The third-order valence-corrected chi connectivity index (χ3v) is 3.31. The number of benzene rings is 1. The molecule has 1 aliphatic rings. The van der Waals surface area contributed by atoms with E-state index >= 15 is 0 Å². The van der Waals surface area contributed by atoms with Crippen molar-refractivity contribution in [1.82, 2.24) is 10.6 Å². The van der Waals surface area contributed by atoms with Crippen LogP contribution in [-0.4, -0.2) is 19.0 Å². The summed E-state index contributed by atoms with van der Waals surface area (Å²) in [5, 5.41) is 6.37. The van der Waals surface area contributed by atoms with E-state index in [1.165, 1.54) is 12.1 Å². The van der Waals surface area contributed by atoms with Crippen molar-refractivity contribution in [3.63, 3.8) is 0 Å². The standard InChI is InChI=1S/C15H18F3N3/c1-19-14(21-13-4-2-3-5-13)20-10-11-6-8-12(9-7-11)15(16,17)18/h2-3,6-9,13H,4-5,10H2,1H3,(H2,19,20,21). The van der Waals surface area contributed by atoms with Crippen molar-refractivity contribution in [2.45, 2.75) is 31.6 Å². The largest absolute Gasteiger partial charge is 0.416 e. The molecule has 0 saturated heterocycles. The number of halogens is 3. The first-order valence-corrected chi connectivity index (χ1v) is 6.77. The molecule has 0 bridgehead atoms. The molecule has 114 valence electrons. The molecule has 3 nitrogen and oxygen atoms in total. The fourth-order valence-electron chi connectivity index (χ4n) is 2.12. The molecule has 0 aromatic heterocycles. The molecule has 0 aliphatic heterocycles. The van der Waals surface area contributed by atoms with Gasteiger partial charge in [0.2, 0.25) is 0 Å². The molecule has 1 aromatic rings. The summed E-state index contributed by atoms with van der Waals surface area (Å²) in [7, 11) is 1.67. The van der Waals surface area contributed by atoms with Gasteiger partial charge in [-0.05, 0) is 30.5 Å². The maximum Gasteiger partial charge on any atom is 0.416 e. The first-order chi connectivity index (χ1) is 9.99. The molecule has 1 aromatic carbocycles. The molecule has 0 fully saturated rings. The van der Waals surface area contributed by atoms with Crippen LogP contribution < -0.4 is 10.6 Å². The van der Waals surface area contributed by atoms with Crippen molar-refractivity contribution < 1.29 is 13.2 Å². The molecular formula is C15H18F3N3. The number of nitrogens with zero attached hydrogens (tertiary/aromatic N) is 1. The summed E-state index contributed by atoms with van der Waals surface area (Å²) in [6.45, 7) is 0.429. The Bertz CT molecular complexity index is 510. The van der Waals surface area contributed by atoms with Crippen molar-refractivity contribution in [3.8, 4) is 0 Å². The number of aliphatic imine (C=N–C) groups is 1. The highest BCUT2D eigenvalue weighted by Gasteiger charge is 2.29. The molecule has 1 aliphatic carbocycles. The van der Waals surface area contributed by atoms with Crippen LogP contribution in [0.5, 0.6) is 0 Å². The lowest BCUT2D eigenvalue weighted by Crippen LogP contribution is -2.42. The molecular weight excluding hydrogens is 279 g/mol. The second kappa shape index (κ2) is 6.65. The molecule has 0 heterocycles. The molecule has 0 spiro atoms. The molecule has 0 atom stereocenters. The number of alkyl halides is 3. The van der Waals surface area contributed by atoms with Crippen molar-refractivity contribution in [1.29, 1.82) is 0 Å². The molecule has 2 rings (SSSR count). The zero-order chi connectivity index (χ0) is 15.3. The minimum Gasteiger partial charge on any atom is -0.353 e. The van der Waals surface area contributed by atoms with Gasteiger partial charge in [0.1, 0.15) is 0 Å². The SMILES string of the molecule is CN=C(NCc1ccc(C(F)(F)F)cc1)NC1CC=CC1. The van der Waals surface area contributed by atoms with Gasteiger partial charge in [0.15, 0.2) is 5.96 Å². The van der Waals surface area contributed by atoms with Gasteiger partial charge in [0.25, 0.3) is 0 Å². The minimum absolute atomic E-state index is 0.337. The first-order valence-electron chi connectivity index (χ1n) is 6.77. The summed E-state index contributed by atoms with van der Waals surface area (Å²) < 4.78 is 37.4. The third-order valence-electron chi connectivity index (χ3n) is 3.31. The van der Waals surface area contributed by atoms with E-state index in [-0.39, 0.29) is 0 Å². The Labute approximate surface area is 122 Å². The second-order valence-corrected chi connectivity index (χ2v) is 4.90. The number of nitrogens with one attached hydrogen (secondary N) is 2. The van der Waals surface area contributed by atoms with Gasteiger partial charge >= 0.3 is 6.18 Å². The van der Waals surface area contributed by atoms with E-state index in [0.717, 1.165) is 30.5 Å². The van der Waals surface area contributed by atoms with Gasteiger partial charge in [0, 0.05) is 19.6 Å². The predicted octanol–water partition coefficient (Wildman–Crippen LogP) is 3.09. The number of hydrogen-bond donors (Lipinski definition) is 2. The molecule has 2 N–H and O–H groups in total. The van der Waals surface area contributed by atoms with E-state index in [1.807, 2.05) is 0 Å². The van der Waals surface area contributed by atoms with E-state index in [0.29, 0.717) is 18.5 Å². The normalized spacial score (nSPS) is 16.3. The summed E-state index contributed by atoms with van der Waals surface area (Å²) in [5.74, 6) is 0.656. The summed E-state index contributed by atoms with van der Waals surface area (Å²) in [4.78, 5) is 4.11. The van der Waals surface area contributed by atoms with Gasteiger partial charge in [-0.15, -0.1) is 0 Å². The smallest absolute Gasteiger partial charge is 0.353 e. The van der Waals surface area contributed by atoms with Crippen LogP contribution in [0, 0.1) is 0 Å². The van der Waals surface area contributed by atoms with Crippen LogP contribution in [0.3, 0.4) is 0 Å². The maximum atomic E-state index is 12.5. The molecule has 0 saturated carbocycles. The Balaban J connectivity index is 1.86. The van der Waals surface area contributed by atoms with Crippen molar-refractivity contribution in [3.05, 3.63) is 47.5 Å². The van der Waals surface area contributed by atoms with Gasteiger partial charge in [0.05, 0.1) is 5.56 Å². The molecule has 0 amide bonds. The van der Waals surface area contributed by atoms with Gasteiger partial charge in [-0.25, -0.2) is 0 Å². The van der Waals surface area contributed by atoms with Gasteiger partial charge in [-0.1, -0.05) is 24.3 Å². The summed E-state index contributed by atoms with van der Waals surface area (Å²) in [6.07, 6.45) is 1.85. The van der Waals surface area contributed by atoms with E-state index < -0.39 is 11.7 Å². The van der Waals surface area contributed by atoms with Crippen LogP contribution in [0.25, 0.3) is 0 Å². The zero-order valence-electron chi connectivity index (χ0n) is 11.7. The Morgan fingerprint density at radius 2 is 1.81 bits per heavy atom. The minimum atomic E-state index is -4.29. The average Bonchev–Trinajstić information content (AvgIpc) is 2.96. The number of hydrogen-bond acceptors (Lipinski definition) is 1. The van der Waals surface area contributed by atoms with Gasteiger partial charge < -0.3 is 10.6 Å². The van der Waals surface area contributed by atoms with Crippen LogP contribution in [0.15, 0.2) is 41.4 Å². The fraction of sp³-hybridized carbons (Fsp3) is 0.400. The third kappa shape index (κ3) is 4.51. The van der Waals surface area contributed by atoms with E-state index in [9.17, 15) is 13.2 Å². The monoisotopic (exact) mass is 297 g/mol. The van der Waals surface area contributed by atoms with Crippen molar-refractivity contribution in [2.24, 2.45) is 4.99 Å². The summed E-state index contributed by atoms with van der Waals surface area (Å²) in [5.41, 5.74) is 0.140. The van der Waals surface area contributed by atoms with Crippen LogP contribution in [0.1, 0.15) is 24.0 Å². The van der Waals surface area contributed by atoms with Crippen molar-refractivity contribution in [2.75, 3.05) is 7.05 Å². The Kier molecular flexibility index (Phi) is 4.88. The highest BCUT2D eigenvalue weighted by atomic mass is 19.4. The lowest BCUT2D eigenvalue weighted by molar-refractivity contribution is -0.137. The second-order valence-electron chi connectivity index (χ2n) is 4.90. The van der Waals surface area contributed by atoms with Crippen LogP contribution in [0.2, 0.25) is 0 Å². The lowest BCUT2D eigenvalue weighted by Gasteiger charge is -2.17. The predicted molar refractivity (Wildman–Crippen MR) is 76.9 cm³/mol. The number of guanidine groups is 1. The van der Waals surface area contributed by atoms with E-state index in [2.05, 4.69) is 27.8 Å². The number of rotatable bonds is 3. The van der Waals surface area contributed by atoms with Gasteiger partial charge in [-0.3, -0.25) is 4.99 Å². The zero-order valence-corrected chi connectivity index (χ0v) is 11.7. The quantitative estimate of drug-likeness (QED) is 0.511. The summed E-state index contributed by atoms with van der Waals surface area (Å²) in [6, 6.07) is 5.46. The maximum absolute atomic E-state index is 12.5. The van der Waals surface area contributed by atoms with Crippen LogP contribution in [-0.2, 0) is 12.7 Å². The fourth-order valence-corrected chi connectivity index (χ4v) is 2.12. The van der Waals surface area contributed by atoms with Crippen LogP contribution >= 0.6 is 0 Å². The van der Waals surface area contributed by atoms with Crippen molar-refractivity contribution >= 4 is 5.96 Å². The highest BCUT2D eigenvalue weighted by Crippen LogP contribution is 2.29. The molecule has 0 unspecified atom stereocenters. The first kappa shape index (κ1) is 15.4. The van der Waals surface area contributed by atoms with Crippen LogP contribution in [0.4, 0.5) is 13.2 Å². The molecule has 6 heteroatoms. The molecule has 0 radical (unpaired) electrons. The topological polar surface area (TPSA) is 36.4 Å². The Morgan fingerprint density at radius 3 is 2.33 bits per heavy atom. The van der Waals surface area contributed by atoms with E-state index in [4.69, 9.17) is 0 Å². The Morgan fingerprint density at radius 1 is 1.19 bits per heavy atom. The van der Waals surface area contributed by atoms with Gasteiger partial charge in [-0.2, -0.15) is 13.2 Å². The average molecular weight is 297 g/mol. The Hall–Kier alpha value is -1.98.